The summed E-state index contributed by atoms with van der Waals surface area (Å²) < 4.78 is 26.2. The Labute approximate surface area is 115 Å². The van der Waals surface area contributed by atoms with E-state index in [0.717, 1.165) is 17.0 Å². The van der Waals surface area contributed by atoms with Crippen LogP contribution in [0.4, 0.5) is 19.3 Å². The Balaban J connectivity index is 2.87. The van der Waals surface area contributed by atoms with Gasteiger partial charge in [0.15, 0.2) is 0 Å². The topological polar surface area (TPSA) is 69.6 Å². The molecule has 1 aromatic rings. The molecule has 0 aromatic heterocycles. The number of aliphatic carboxylic acids is 1. The molecule has 0 heterocycles. The van der Waals surface area contributed by atoms with Crippen LogP contribution in [0.1, 0.15) is 20.3 Å². The summed E-state index contributed by atoms with van der Waals surface area (Å²) in [6, 6.07) is 1.66. The van der Waals surface area contributed by atoms with Gasteiger partial charge in [0.05, 0.1) is 5.69 Å². The first-order chi connectivity index (χ1) is 9.35. The third-order valence-electron chi connectivity index (χ3n) is 2.86. The quantitative estimate of drug-likeness (QED) is 0.874. The highest BCUT2D eigenvalue weighted by Gasteiger charge is 2.22. The van der Waals surface area contributed by atoms with Crippen molar-refractivity contribution in [3.63, 3.8) is 0 Å². The van der Waals surface area contributed by atoms with Gasteiger partial charge < -0.3 is 15.3 Å². The van der Waals surface area contributed by atoms with Crippen LogP contribution in [0.15, 0.2) is 18.2 Å². The molecule has 7 heteroatoms. The zero-order valence-electron chi connectivity index (χ0n) is 11.2. The van der Waals surface area contributed by atoms with E-state index in [-0.39, 0.29) is 11.7 Å². The maximum Gasteiger partial charge on any atom is 0.323 e. The van der Waals surface area contributed by atoms with Crippen molar-refractivity contribution in [1.29, 1.82) is 0 Å². The highest BCUT2D eigenvalue weighted by molar-refractivity contribution is 5.91. The maximum absolute atomic E-state index is 13.4. The molecular formula is C13H16F2N2O3. The number of carbonyl (C=O) groups excluding carboxylic acids is 1. The van der Waals surface area contributed by atoms with Crippen LogP contribution in [0.2, 0.25) is 0 Å². The lowest BCUT2D eigenvalue weighted by molar-refractivity contribution is -0.138. The average Bonchev–Trinajstić information content (AvgIpc) is 2.38. The number of benzene rings is 1. The van der Waals surface area contributed by atoms with Crippen molar-refractivity contribution in [3.8, 4) is 0 Å². The molecule has 20 heavy (non-hydrogen) atoms. The van der Waals surface area contributed by atoms with Crippen LogP contribution in [0.3, 0.4) is 0 Å². The van der Waals surface area contributed by atoms with Gasteiger partial charge in [-0.1, -0.05) is 6.92 Å². The largest absolute Gasteiger partial charge is 0.480 e. The normalized spacial score (nSPS) is 11.8. The van der Waals surface area contributed by atoms with Gasteiger partial charge in [0.25, 0.3) is 0 Å². The number of hydrogen-bond donors (Lipinski definition) is 2. The monoisotopic (exact) mass is 286 g/mol. The van der Waals surface area contributed by atoms with Crippen LogP contribution in [0.5, 0.6) is 0 Å². The van der Waals surface area contributed by atoms with Gasteiger partial charge in [0.2, 0.25) is 0 Å². The molecule has 1 atom stereocenters. The van der Waals surface area contributed by atoms with Gasteiger partial charge in [-0.25, -0.2) is 13.6 Å². The Morgan fingerprint density at radius 1 is 1.40 bits per heavy atom. The van der Waals surface area contributed by atoms with E-state index in [1.54, 1.807) is 13.8 Å². The number of halogens is 2. The third kappa shape index (κ3) is 4.18. The third-order valence-corrected chi connectivity index (χ3v) is 2.86. The van der Waals surface area contributed by atoms with Crippen molar-refractivity contribution in [1.82, 2.24) is 4.90 Å². The summed E-state index contributed by atoms with van der Waals surface area (Å²) in [6.45, 7) is 2.98. The van der Waals surface area contributed by atoms with E-state index in [1.165, 1.54) is 0 Å². The predicted molar refractivity (Wildman–Crippen MR) is 69.5 cm³/mol. The standard InChI is InChI=1S/C13H16F2N2O3/c1-3-8(2)17(7-12(18)19)13(20)16-11-5-4-9(14)6-10(11)15/h4-6,8H,3,7H2,1-2H3,(H,16,20)(H,18,19). The smallest absolute Gasteiger partial charge is 0.323 e. The number of carboxylic acid groups (broad SMARTS) is 1. The first-order valence-electron chi connectivity index (χ1n) is 6.09. The second kappa shape index (κ2) is 6.83. The fourth-order valence-electron chi connectivity index (χ4n) is 1.57. The summed E-state index contributed by atoms with van der Waals surface area (Å²) >= 11 is 0. The van der Waals surface area contributed by atoms with Crippen molar-refractivity contribution >= 4 is 17.7 Å². The van der Waals surface area contributed by atoms with Gasteiger partial charge in [-0.3, -0.25) is 4.79 Å². The molecular weight excluding hydrogens is 270 g/mol. The molecule has 0 aliphatic carbocycles. The molecule has 0 radical (unpaired) electrons. The second-order valence-electron chi connectivity index (χ2n) is 4.33. The Kier molecular flexibility index (Phi) is 5.42. The molecule has 110 valence electrons. The molecule has 0 saturated carbocycles. The molecule has 2 N–H and O–H groups in total. The Hall–Kier alpha value is -2.18. The minimum Gasteiger partial charge on any atom is -0.480 e. The summed E-state index contributed by atoms with van der Waals surface area (Å²) in [5.41, 5.74) is -0.199. The minimum absolute atomic E-state index is 0.199. The molecule has 1 unspecified atom stereocenters. The van der Waals surface area contributed by atoms with Gasteiger partial charge in [-0.2, -0.15) is 0 Å². The molecule has 0 saturated heterocycles. The van der Waals surface area contributed by atoms with E-state index < -0.39 is 30.2 Å². The molecule has 5 nitrogen and oxygen atoms in total. The number of urea groups is 1. The van der Waals surface area contributed by atoms with Crippen LogP contribution in [-0.2, 0) is 4.79 Å². The maximum atomic E-state index is 13.4. The van der Waals surface area contributed by atoms with Crippen molar-refractivity contribution in [2.24, 2.45) is 0 Å². The van der Waals surface area contributed by atoms with Gasteiger partial charge in [0, 0.05) is 12.1 Å². The number of amides is 2. The minimum atomic E-state index is -1.17. The zero-order chi connectivity index (χ0) is 15.3. The number of hydrogen-bond acceptors (Lipinski definition) is 2. The Bertz CT molecular complexity index is 508. The van der Waals surface area contributed by atoms with Crippen LogP contribution in [0.25, 0.3) is 0 Å². The lowest BCUT2D eigenvalue weighted by Crippen LogP contribution is -2.44. The SMILES string of the molecule is CCC(C)N(CC(=O)O)C(=O)Nc1ccc(F)cc1F. The van der Waals surface area contributed by atoms with Crippen molar-refractivity contribution in [2.45, 2.75) is 26.3 Å². The van der Waals surface area contributed by atoms with Gasteiger partial charge >= 0.3 is 12.0 Å². The average molecular weight is 286 g/mol. The summed E-state index contributed by atoms with van der Waals surface area (Å²) in [6.07, 6.45) is 0.548. The van der Waals surface area contributed by atoms with Crippen molar-refractivity contribution in [3.05, 3.63) is 29.8 Å². The zero-order valence-corrected chi connectivity index (χ0v) is 11.2. The van der Waals surface area contributed by atoms with E-state index in [1.807, 2.05) is 0 Å². The van der Waals surface area contributed by atoms with E-state index >= 15 is 0 Å². The summed E-state index contributed by atoms with van der Waals surface area (Å²) in [7, 11) is 0. The number of rotatable bonds is 5. The molecule has 1 rings (SSSR count). The van der Waals surface area contributed by atoms with Crippen molar-refractivity contribution < 1.29 is 23.5 Å². The van der Waals surface area contributed by atoms with Crippen LogP contribution >= 0.6 is 0 Å². The summed E-state index contributed by atoms with van der Waals surface area (Å²) in [5, 5.41) is 11.0. The molecule has 0 fully saturated rings. The number of nitrogens with one attached hydrogen (secondary N) is 1. The molecule has 0 spiro atoms. The van der Waals surface area contributed by atoms with Crippen LogP contribution in [-0.4, -0.2) is 34.6 Å². The number of nitrogens with zero attached hydrogens (tertiary/aromatic N) is 1. The molecule has 0 aliphatic heterocycles. The van der Waals surface area contributed by atoms with E-state index in [4.69, 9.17) is 5.11 Å². The van der Waals surface area contributed by atoms with Gasteiger partial charge in [0.1, 0.15) is 18.2 Å². The summed E-state index contributed by atoms with van der Waals surface area (Å²) in [5.74, 6) is -2.84. The van der Waals surface area contributed by atoms with E-state index in [9.17, 15) is 18.4 Å². The fourth-order valence-corrected chi connectivity index (χ4v) is 1.57. The van der Waals surface area contributed by atoms with Crippen LogP contribution < -0.4 is 5.32 Å². The van der Waals surface area contributed by atoms with Crippen molar-refractivity contribution in [2.75, 3.05) is 11.9 Å². The number of carbonyl (C=O) groups is 2. The van der Waals surface area contributed by atoms with Crippen LogP contribution in [0, 0.1) is 11.6 Å². The number of anilines is 1. The highest BCUT2D eigenvalue weighted by atomic mass is 19.1. The van der Waals surface area contributed by atoms with E-state index in [2.05, 4.69) is 5.32 Å². The first-order valence-corrected chi connectivity index (χ1v) is 6.09. The van der Waals surface area contributed by atoms with Gasteiger partial charge in [-0.05, 0) is 25.5 Å². The molecule has 2 amide bonds. The molecule has 1 aromatic carbocycles. The summed E-state index contributed by atoms with van der Waals surface area (Å²) in [4.78, 5) is 23.8. The first kappa shape index (κ1) is 15.9. The molecule has 0 bridgehead atoms. The Morgan fingerprint density at radius 2 is 2.05 bits per heavy atom. The number of carboxylic acids is 1. The predicted octanol–water partition coefficient (Wildman–Crippen LogP) is 2.68. The lowest BCUT2D eigenvalue weighted by atomic mass is 10.2. The highest BCUT2D eigenvalue weighted by Crippen LogP contribution is 2.16. The Morgan fingerprint density at radius 3 is 2.55 bits per heavy atom. The lowest BCUT2D eigenvalue weighted by Gasteiger charge is -2.27. The second-order valence-corrected chi connectivity index (χ2v) is 4.33. The molecule has 0 aliphatic rings. The van der Waals surface area contributed by atoms with Gasteiger partial charge in [-0.15, -0.1) is 0 Å². The van der Waals surface area contributed by atoms with E-state index in [0.29, 0.717) is 12.5 Å². The fraction of sp³-hybridized carbons (Fsp3) is 0.385.